The fraction of sp³-hybridized carbons (Fsp3) is 0.458. The number of rotatable bonds is 10. The van der Waals surface area contributed by atoms with Gasteiger partial charge in [-0.05, 0) is 61.5 Å². The minimum absolute atomic E-state index is 0.00163. The van der Waals surface area contributed by atoms with Gasteiger partial charge in [0.1, 0.15) is 0 Å². The molecule has 2 nitrogen and oxygen atoms in total. The summed E-state index contributed by atoms with van der Waals surface area (Å²) < 4.78 is 27.1. The van der Waals surface area contributed by atoms with Crippen molar-refractivity contribution in [2.24, 2.45) is 5.92 Å². The van der Waals surface area contributed by atoms with Gasteiger partial charge in [-0.2, -0.15) is 5.26 Å². The van der Waals surface area contributed by atoms with E-state index in [1.807, 2.05) is 19.9 Å². The van der Waals surface area contributed by atoms with Crippen molar-refractivity contribution in [3.8, 4) is 6.07 Å². The molecular formula is C24H30F2N2. The number of likely N-dealkylation sites (N-methyl/N-ethyl adjacent to an activating group) is 1. The van der Waals surface area contributed by atoms with E-state index in [1.165, 1.54) is 11.6 Å². The summed E-state index contributed by atoms with van der Waals surface area (Å²) in [6, 6.07) is 16.7. The third kappa shape index (κ3) is 5.39. The Morgan fingerprint density at radius 1 is 1.04 bits per heavy atom. The zero-order valence-corrected chi connectivity index (χ0v) is 17.1. The number of halogens is 2. The molecule has 0 aromatic heterocycles. The predicted octanol–water partition coefficient (Wildman–Crippen LogP) is 5.73. The van der Waals surface area contributed by atoms with Crippen LogP contribution in [0.4, 0.5) is 8.78 Å². The zero-order chi connectivity index (χ0) is 20.6. The summed E-state index contributed by atoms with van der Waals surface area (Å²) in [6.07, 6.45) is 2.44. The van der Waals surface area contributed by atoms with Gasteiger partial charge in [-0.15, -0.1) is 0 Å². The van der Waals surface area contributed by atoms with E-state index in [4.69, 9.17) is 0 Å². The molecule has 0 saturated heterocycles. The van der Waals surface area contributed by atoms with E-state index in [-0.39, 0.29) is 5.92 Å². The Hall–Kier alpha value is -2.25. The predicted molar refractivity (Wildman–Crippen MR) is 110 cm³/mol. The highest BCUT2D eigenvalue weighted by Crippen LogP contribution is 2.37. The first-order valence-corrected chi connectivity index (χ1v) is 10.1. The summed E-state index contributed by atoms with van der Waals surface area (Å²) in [6.45, 7) is 8.87. The van der Waals surface area contributed by atoms with Crippen LogP contribution >= 0.6 is 0 Å². The van der Waals surface area contributed by atoms with Crippen molar-refractivity contribution in [1.29, 1.82) is 5.26 Å². The van der Waals surface area contributed by atoms with Crippen LogP contribution in [0.3, 0.4) is 0 Å². The standard InChI is InChI=1S/C24H30F2N2/c1-4-28(16-13-20-9-6-5-7-10-20)15-8-14-24(18-27,19(2)3)21-11-12-22(25)23(26)17-21/h5-7,9-12,17,19H,4,8,13-16H2,1-3H3. The maximum atomic E-state index is 13.8. The first-order chi connectivity index (χ1) is 13.4. The quantitative estimate of drug-likeness (QED) is 0.523. The first-order valence-electron chi connectivity index (χ1n) is 10.1. The highest BCUT2D eigenvalue weighted by atomic mass is 19.2. The molecule has 0 aliphatic carbocycles. The Balaban J connectivity index is 2.02. The normalized spacial score (nSPS) is 13.5. The lowest BCUT2D eigenvalue weighted by Gasteiger charge is -2.32. The lowest BCUT2D eigenvalue weighted by molar-refractivity contribution is 0.264. The molecule has 28 heavy (non-hydrogen) atoms. The van der Waals surface area contributed by atoms with Crippen LogP contribution in [0.2, 0.25) is 0 Å². The van der Waals surface area contributed by atoms with Gasteiger partial charge in [-0.25, -0.2) is 8.78 Å². The SMILES string of the molecule is CCN(CCCC(C#N)(c1ccc(F)c(F)c1)C(C)C)CCc1ccccc1. The summed E-state index contributed by atoms with van der Waals surface area (Å²) in [5, 5.41) is 9.96. The summed E-state index contributed by atoms with van der Waals surface area (Å²) in [5.74, 6) is -1.77. The van der Waals surface area contributed by atoms with E-state index in [2.05, 4.69) is 42.2 Å². The minimum Gasteiger partial charge on any atom is -0.303 e. The topological polar surface area (TPSA) is 27.0 Å². The third-order valence-corrected chi connectivity index (χ3v) is 5.67. The van der Waals surface area contributed by atoms with Gasteiger partial charge in [0.2, 0.25) is 0 Å². The highest BCUT2D eigenvalue weighted by molar-refractivity contribution is 5.34. The van der Waals surface area contributed by atoms with Crippen LogP contribution in [-0.2, 0) is 11.8 Å². The molecule has 0 heterocycles. The Morgan fingerprint density at radius 3 is 2.32 bits per heavy atom. The molecule has 0 aliphatic rings. The van der Waals surface area contributed by atoms with E-state index < -0.39 is 17.0 Å². The van der Waals surface area contributed by atoms with Crippen molar-refractivity contribution in [2.75, 3.05) is 19.6 Å². The van der Waals surface area contributed by atoms with Crippen LogP contribution in [0.1, 0.15) is 44.7 Å². The van der Waals surface area contributed by atoms with Gasteiger partial charge in [0, 0.05) is 6.54 Å². The Labute approximate surface area is 167 Å². The lowest BCUT2D eigenvalue weighted by atomic mass is 9.70. The molecule has 2 aromatic carbocycles. The number of nitrogens with zero attached hydrogens (tertiary/aromatic N) is 2. The molecule has 0 aliphatic heterocycles. The van der Waals surface area contributed by atoms with Crippen LogP contribution in [0.5, 0.6) is 0 Å². The second-order valence-corrected chi connectivity index (χ2v) is 7.64. The average molecular weight is 385 g/mol. The van der Waals surface area contributed by atoms with Gasteiger partial charge >= 0.3 is 0 Å². The smallest absolute Gasteiger partial charge is 0.159 e. The molecule has 0 radical (unpaired) electrons. The number of hydrogen-bond donors (Lipinski definition) is 0. The van der Waals surface area contributed by atoms with Gasteiger partial charge in [-0.3, -0.25) is 0 Å². The Bertz CT molecular complexity index is 783. The van der Waals surface area contributed by atoms with Gasteiger partial charge in [0.25, 0.3) is 0 Å². The summed E-state index contributed by atoms with van der Waals surface area (Å²) in [5.41, 5.74) is 1.07. The molecule has 1 unspecified atom stereocenters. The van der Waals surface area contributed by atoms with Crippen molar-refractivity contribution >= 4 is 0 Å². The molecule has 2 aromatic rings. The van der Waals surface area contributed by atoms with E-state index in [0.717, 1.165) is 38.5 Å². The average Bonchev–Trinajstić information content (AvgIpc) is 2.70. The fourth-order valence-corrected chi connectivity index (χ4v) is 3.73. The van der Waals surface area contributed by atoms with Crippen molar-refractivity contribution < 1.29 is 8.78 Å². The summed E-state index contributed by atoms with van der Waals surface area (Å²) in [7, 11) is 0. The molecule has 2 rings (SSSR count). The molecule has 0 spiro atoms. The van der Waals surface area contributed by atoms with Crippen LogP contribution < -0.4 is 0 Å². The van der Waals surface area contributed by atoms with E-state index >= 15 is 0 Å². The van der Waals surface area contributed by atoms with Crippen LogP contribution in [-0.4, -0.2) is 24.5 Å². The third-order valence-electron chi connectivity index (χ3n) is 5.67. The molecule has 0 fully saturated rings. The number of hydrogen-bond acceptors (Lipinski definition) is 2. The van der Waals surface area contributed by atoms with Crippen molar-refractivity contribution in [2.45, 2.75) is 45.4 Å². The largest absolute Gasteiger partial charge is 0.303 e. The van der Waals surface area contributed by atoms with Gasteiger partial charge in [0.05, 0.1) is 11.5 Å². The fourth-order valence-electron chi connectivity index (χ4n) is 3.73. The monoisotopic (exact) mass is 384 g/mol. The maximum absolute atomic E-state index is 13.8. The van der Waals surface area contributed by atoms with Crippen molar-refractivity contribution in [3.63, 3.8) is 0 Å². The second-order valence-electron chi connectivity index (χ2n) is 7.64. The minimum atomic E-state index is -0.893. The molecule has 0 saturated carbocycles. The van der Waals surface area contributed by atoms with Crippen molar-refractivity contribution in [3.05, 3.63) is 71.3 Å². The van der Waals surface area contributed by atoms with E-state index in [9.17, 15) is 14.0 Å². The number of nitriles is 1. The van der Waals surface area contributed by atoms with Gasteiger partial charge in [-0.1, -0.05) is 57.2 Å². The molecule has 150 valence electrons. The van der Waals surface area contributed by atoms with E-state index in [1.54, 1.807) is 6.07 Å². The van der Waals surface area contributed by atoms with E-state index in [0.29, 0.717) is 12.0 Å². The molecular weight excluding hydrogens is 354 g/mol. The van der Waals surface area contributed by atoms with Crippen LogP contribution in [0.25, 0.3) is 0 Å². The molecule has 0 N–H and O–H groups in total. The number of benzene rings is 2. The Morgan fingerprint density at radius 2 is 1.75 bits per heavy atom. The molecule has 0 bridgehead atoms. The second kappa shape index (κ2) is 10.3. The molecule has 4 heteroatoms. The molecule has 0 amide bonds. The van der Waals surface area contributed by atoms with Crippen molar-refractivity contribution in [1.82, 2.24) is 4.90 Å². The first kappa shape index (κ1) is 22.0. The zero-order valence-electron chi connectivity index (χ0n) is 17.1. The van der Waals surface area contributed by atoms with Gasteiger partial charge in [0.15, 0.2) is 11.6 Å². The lowest BCUT2D eigenvalue weighted by Crippen LogP contribution is -2.33. The maximum Gasteiger partial charge on any atom is 0.159 e. The summed E-state index contributed by atoms with van der Waals surface area (Å²) in [4.78, 5) is 2.38. The van der Waals surface area contributed by atoms with Gasteiger partial charge < -0.3 is 4.90 Å². The highest BCUT2D eigenvalue weighted by Gasteiger charge is 2.36. The Kier molecular flexibility index (Phi) is 8.14. The molecule has 1 atom stereocenters. The van der Waals surface area contributed by atoms with Crippen LogP contribution in [0.15, 0.2) is 48.5 Å². The summed E-state index contributed by atoms with van der Waals surface area (Å²) >= 11 is 0. The van der Waals surface area contributed by atoms with Crippen LogP contribution in [0, 0.1) is 28.9 Å².